The van der Waals surface area contributed by atoms with Crippen LogP contribution in [0.1, 0.15) is 17.2 Å². The Hall–Kier alpha value is -4.17. The summed E-state index contributed by atoms with van der Waals surface area (Å²) in [6, 6.07) is 25.0. The maximum atomic E-state index is 13.4. The van der Waals surface area contributed by atoms with Crippen molar-refractivity contribution < 1.29 is 19.1 Å². The Balaban J connectivity index is 1.29. The van der Waals surface area contributed by atoms with Gasteiger partial charge in [0.25, 0.3) is 5.91 Å². The molecule has 2 aliphatic heterocycles. The van der Waals surface area contributed by atoms with Crippen molar-refractivity contribution in [3.05, 3.63) is 96.1 Å². The molecule has 3 aromatic rings. The van der Waals surface area contributed by atoms with E-state index in [2.05, 4.69) is 10.2 Å². The molecule has 1 N–H and O–H groups in total. The Morgan fingerprint density at radius 1 is 0.861 bits per heavy atom. The smallest absolute Gasteiger partial charge is 0.328 e. The van der Waals surface area contributed by atoms with Crippen LogP contribution in [0.25, 0.3) is 0 Å². The fraction of sp³-hybridized carbons (Fsp3) is 0.250. The molecule has 8 nitrogen and oxygen atoms in total. The Morgan fingerprint density at radius 3 is 2.17 bits per heavy atom. The molecule has 0 spiro atoms. The first-order chi connectivity index (χ1) is 17.6. The second-order valence-electron chi connectivity index (χ2n) is 8.83. The minimum absolute atomic E-state index is 0.270. The molecule has 8 heteroatoms. The molecule has 1 unspecified atom stereocenters. The first-order valence-corrected chi connectivity index (χ1v) is 12.0. The third-order valence-corrected chi connectivity index (χ3v) is 6.43. The average molecular weight is 485 g/mol. The van der Waals surface area contributed by atoms with Crippen LogP contribution in [0.3, 0.4) is 0 Å². The Kier molecular flexibility index (Phi) is 6.95. The van der Waals surface area contributed by atoms with Crippen LogP contribution in [-0.4, -0.2) is 60.5 Å². The van der Waals surface area contributed by atoms with Gasteiger partial charge in [0.1, 0.15) is 12.6 Å². The maximum Gasteiger partial charge on any atom is 0.328 e. The van der Waals surface area contributed by atoms with Gasteiger partial charge in [0, 0.05) is 31.0 Å². The van der Waals surface area contributed by atoms with E-state index in [9.17, 15) is 14.4 Å². The number of imide groups is 1. The largest absolute Gasteiger partial charge is 0.378 e. The summed E-state index contributed by atoms with van der Waals surface area (Å²) in [4.78, 5) is 44.4. The van der Waals surface area contributed by atoms with Crippen molar-refractivity contribution in [3.8, 4) is 0 Å². The third-order valence-electron chi connectivity index (χ3n) is 6.43. The van der Waals surface area contributed by atoms with Gasteiger partial charge in [-0.3, -0.25) is 14.5 Å². The highest BCUT2D eigenvalue weighted by Crippen LogP contribution is 2.32. The highest BCUT2D eigenvalue weighted by atomic mass is 16.5. The quantitative estimate of drug-likeness (QED) is 0.518. The topological polar surface area (TPSA) is 82.2 Å². The second kappa shape index (κ2) is 10.6. The number of benzene rings is 3. The zero-order valence-corrected chi connectivity index (χ0v) is 19.9. The Labute approximate surface area is 210 Å². The molecule has 5 rings (SSSR count). The molecule has 0 aromatic heterocycles. The molecule has 36 heavy (non-hydrogen) atoms. The number of nitrogens with one attached hydrogen (secondary N) is 1. The van der Waals surface area contributed by atoms with Crippen molar-refractivity contribution in [2.24, 2.45) is 0 Å². The van der Waals surface area contributed by atoms with Crippen LogP contribution in [0.2, 0.25) is 0 Å². The van der Waals surface area contributed by atoms with Crippen LogP contribution in [0.4, 0.5) is 16.2 Å². The lowest BCUT2D eigenvalue weighted by molar-refractivity contribution is -0.131. The number of rotatable bonds is 7. The van der Waals surface area contributed by atoms with Gasteiger partial charge in [0.05, 0.1) is 13.2 Å². The van der Waals surface area contributed by atoms with Crippen LogP contribution in [0.15, 0.2) is 84.9 Å². The van der Waals surface area contributed by atoms with Crippen molar-refractivity contribution in [2.75, 3.05) is 43.1 Å². The first kappa shape index (κ1) is 23.6. The molecule has 0 saturated carbocycles. The lowest BCUT2D eigenvalue weighted by atomic mass is 10.1. The highest BCUT2D eigenvalue weighted by molar-refractivity contribution is 6.08. The minimum atomic E-state index is -0.778. The van der Waals surface area contributed by atoms with E-state index in [1.807, 2.05) is 84.9 Å². The zero-order chi connectivity index (χ0) is 24.9. The number of carbonyl (C=O) groups is 3. The van der Waals surface area contributed by atoms with E-state index in [-0.39, 0.29) is 13.1 Å². The summed E-state index contributed by atoms with van der Waals surface area (Å²) in [6.45, 7) is 2.97. The first-order valence-electron chi connectivity index (χ1n) is 12.0. The summed E-state index contributed by atoms with van der Waals surface area (Å²) in [6.07, 6.45) is 0. The maximum absolute atomic E-state index is 13.4. The van der Waals surface area contributed by atoms with E-state index in [1.54, 1.807) is 0 Å². The van der Waals surface area contributed by atoms with Crippen molar-refractivity contribution in [3.63, 3.8) is 0 Å². The predicted octanol–water partition coefficient (Wildman–Crippen LogP) is 3.67. The average Bonchev–Trinajstić information content (AvgIpc) is 3.14. The monoisotopic (exact) mass is 484 g/mol. The Morgan fingerprint density at radius 2 is 1.50 bits per heavy atom. The van der Waals surface area contributed by atoms with Crippen LogP contribution >= 0.6 is 0 Å². The van der Waals surface area contributed by atoms with Gasteiger partial charge in [-0.1, -0.05) is 60.7 Å². The summed E-state index contributed by atoms with van der Waals surface area (Å²) in [5.74, 6) is -0.829. The van der Waals surface area contributed by atoms with E-state index in [1.165, 1.54) is 4.90 Å². The number of urea groups is 1. The van der Waals surface area contributed by atoms with Crippen molar-refractivity contribution >= 4 is 29.2 Å². The zero-order valence-electron chi connectivity index (χ0n) is 19.9. The number of nitrogens with zero attached hydrogens (tertiary/aromatic N) is 3. The van der Waals surface area contributed by atoms with Gasteiger partial charge < -0.3 is 19.9 Å². The molecule has 1 atom stereocenters. The van der Waals surface area contributed by atoms with Gasteiger partial charge in [-0.15, -0.1) is 0 Å². The fourth-order valence-electron chi connectivity index (χ4n) is 4.60. The molecule has 4 amide bonds. The van der Waals surface area contributed by atoms with Gasteiger partial charge >= 0.3 is 6.03 Å². The van der Waals surface area contributed by atoms with Crippen molar-refractivity contribution in [1.82, 2.24) is 9.80 Å². The predicted molar refractivity (Wildman–Crippen MR) is 136 cm³/mol. The van der Waals surface area contributed by atoms with Crippen LogP contribution in [0, 0.1) is 0 Å². The number of hydrogen-bond acceptors (Lipinski definition) is 5. The van der Waals surface area contributed by atoms with E-state index in [4.69, 9.17) is 4.74 Å². The standard InChI is InChI=1S/C28H28N4O4/c33-25(29-23-11-13-24(14-12-23)30-15-17-36-18-16-30)20-32-27(34)26(22-9-5-2-6-10-22)31(28(32)35)19-21-7-3-1-4-8-21/h1-14,26H,15-20H2,(H,29,33). The summed E-state index contributed by atoms with van der Waals surface area (Å²) >= 11 is 0. The SMILES string of the molecule is O=C(CN1C(=O)C(c2ccccc2)N(Cc2ccccc2)C1=O)Nc1ccc(N2CCOCC2)cc1. The Bertz CT molecular complexity index is 1210. The van der Waals surface area contributed by atoms with Gasteiger partial charge in [-0.05, 0) is 35.4 Å². The summed E-state index contributed by atoms with van der Waals surface area (Å²) in [5, 5.41) is 2.81. The van der Waals surface area contributed by atoms with Crippen molar-refractivity contribution in [2.45, 2.75) is 12.6 Å². The van der Waals surface area contributed by atoms with E-state index in [0.717, 1.165) is 29.2 Å². The molecular weight excluding hydrogens is 456 g/mol. The van der Waals surface area contributed by atoms with E-state index < -0.39 is 23.9 Å². The number of hydrogen-bond donors (Lipinski definition) is 1. The van der Waals surface area contributed by atoms with E-state index >= 15 is 0 Å². The molecule has 0 radical (unpaired) electrons. The lowest BCUT2D eigenvalue weighted by Gasteiger charge is -2.28. The molecule has 2 fully saturated rings. The van der Waals surface area contributed by atoms with Crippen LogP contribution in [0.5, 0.6) is 0 Å². The molecule has 0 aliphatic carbocycles. The number of anilines is 2. The fourth-order valence-corrected chi connectivity index (χ4v) is 4.60. The second-order valence-corrected chi connectivity index (χ2v) is 8.83. The molecule has 2 aliphatic rings. The highest BCUT2D eigenvalue weighted by Gasteiger charge is 2.46. The van der Waals surface area contributed by atoms with Gasteiger partial charge in [-0.25, -0.2) is 4.79 Å². The van der Waals surface area contributed by atoms with Gasteiger partial charge in [-0.2, -0.15) is 0 Å². The number of ether oxygens (including phenoxy) is 1. The number of carbonyl (C=O) groups excluding carboxylic acids is 3. The normalized spacial score (nSPS) is 18.0. The molecular formula is C28H28N4O4. The molecule has 3 aromatic carbocycles. The summed E-state index contributed by atoms with van der Waals surface area (Å²) in [7, 11) is 0. The van der Waals surface area contributed by atoms with Gasteiger partial charge in [0.2, 0.25) is 5.91 Å². The number of morpholine rings is 1. The summed E-state index contributed by atoms with van der Waals surface area (Å²) in [5.41, 5.74) is 3.29. The van der Waals surface area contributed by atoms with Crippen molar-refractivity contribution in [1.29, 1.82) is 0 Å². The van der Waals surface area contributed by atoms with Crippen LogP contribution < -0.4 is 10.2 Å². The molecule has 0 bridgehead atoms. The summed E-state index contributed by atoms with van der Waals surface area (Å²) < 4.78 is 5.39. The van der Waals surface area contributed by atoms with Crippen LogP contribution in [-0.2, 0) is 20.9 Å². The number of amides is 4. The molecule has 2 saturated heterocycles. The third kappa shape index (κ3) is 5.08. The van der Waals surface area contributed by atoms with E-state index in [0.29, 0.717) is 24.5 Å². The molecule has 184 valence electrons. The minimum Gasteiger partial charge on any atom is -0.378 e. The molecule has 2 heterocycles. The lowest BCUT2D eigenvalue weighted by Crippen LogP contribution is -2.38. The van der Waals surface area contributed by atoms with Gasteiger partial charge in [0.15, 0.2) is 0 Å².